The van der Waals surface area contributed by atoms with Crippen molar-refractivity contribution in [2.24, 2.45) is 17.6 Å². The minimum absolute atomic E-state index is 0.00792. The first-order valence-corrected chi connectivity index (χ1v) is 5.60. The molecule has 0 spiro atoms. The third-order valence-corrected chi connectivity index (χ3v) is 3.32. The van der Waals surface area contributed by atoms with Crippen LogP contribution in [-0.2, 0) is 9.59 Å². The highest BCUT2D eigenvalue weighted by Gasteiger charge is 2.33. The molecule has 1 rings (SSSR count). The van der Waals surface area contributed by atoms with Crippen LogP contribution < -0.4 is 11.1 Å². The summed E-state index contributed by atoms with van der Waals surface area (Å²) >= 11 is 1.59. The maximum atomic E-state index is 11.5. The predicted octanol–water partition coefficient (Wildman–Crippen LogP) is -0.875. The van der Waals surface area contributed by atoms with E-state index >= 15 is 0 Å². The molecule has 1 fully saturated rings. The third kappa shape index (κ3) is 2.62. The molecule has 6 heteroatoms. The summed E-state index contributed by atoms with van der Waals surface area (Å²) in [5, 5.41) is 11.6. The monoisotopic (exact) mass is 218 g/mol. The number of carboxylic acids is 1. The van der Waals surface area contributed by atoms with E-state index in [0.717, 1.165) is 5.75 Å². The second-order valence-corrected chi connectivity index (χ2v) is 4.30. The van der Waals surface area contributed by atoms with E-state index in [-0.39, 0.29) is 12.5 Å². The van der Waals surface area contributed by atoms with Gasteiger partial charge in [0.15, 0.2) is 0 Å². The number of carbonyl (C=O) groups excluding carboxylic acids is 1. The van der Waals surface area contributed by atoms with Gasteiger partial charge in [-0.15, -0.1) is 0 Å². The molecule has 80 valence electrons. The van der Waals surface area contributed by atoms with Crippen molar-refractivity contribution in [3.05, 3.63) is 0 Å². The third-order valence-electron chi connectivity index (χ3n) is 2.24. The van der Waals surface area contributed by atoms with Crippen LogP contribution in [0.25, 0.3) is 0 Å². The van der Waals surface area contributed by atoms with Gasteiger partial charge < -0.3 is 16.2 Å². The Labute approximate surface area is 86.4 Å². The van der Waals surface area contributed by atoms with E-state index in [1.807, 2.05) is 0 Å². The van der Waals surface area contributed by atoms with E-state index in [0.29, 0.717) is 12.3 Å². The zero-order chi connectivity index (χ0) is 10.6. The number of rotatable bonds is 3. The lowest BCUT2D eigenvalue weighted by atomic mass is 9.93. The minimum atomic E-state index is -0.991. The highest BCUT2D eigenvalue weighted by Crippen LogP contribution is 2.20. The Balaban J connectivity index is 2.70. The zero-order valence-corrected chi connectivity index (χ0v) is 8.55. The van der Waals surface area contributed by atoms with Crippen molar-refractivity contribution in [2.75, 3.05) is 24.6 Å². The fourth-order valence-corrected chi connectivity index (χ4v) is 2.45. The summed E-state index contributed by atoms with van der Waals surface area (Å²) in [4.78, 5) is 22.3. The van der Waals surface area contributed by atoms with Crippen molar-refractivity contribution >= 4 is 23.6 Å². The van der Waals surface area contributed by atoms with Gasteiger partial charge in [0.05, 0.1) is 11.8 Å². The number of amides is 1. The number of hydrogen-bond acceptors (Lipinski definition) is 4. The van der Waals surface area contributed by atoms with Crippen molar-refractivity contribution in [1.82, 2.24) is 5.32 Å². The Morgan fingerprint density at radius 2 is 2.50 bits per heavy atom. The van der Waals surface area contributed by atoms with Gasteiger partial charge in [-0.25, -0.2) is 0 Å². The summed E-state index contributed by atoms with van der Waals surface area (Å²) in [5.41, 5.74) is 5.35. The molecule has 0 radical (unpaired) electrons. The number of carbonyl (C=O) groups is 2. The molecule has 1 heterocycles. The Morgan fingerprint density at radius 1 is 1.79 bits per heavy atom. The first-order chi connectivity index (χ1) is 6.66. The van der Waals surface area contributed by atoms with Gasteiger partial charge in [0.1, 0.15) is 0 Å². The quantitative estimate of drug-likeness (QED) is 0.572. The molecule has 2 atom stereocenters. The second kappa shape index (κ2) is 5.21. The van der Waals surface area contributed by atoms with E-state index in [9.17, 15) is 9.59 Å². The van der Waals surface area contributed by atoms with Crippen molar-refractivity contribution in [1.29, 1.82) is 0 Å². The average molecular weight is 218 g/mol. The van der Waals surface area contributed by atoms with Gasteiger partial charge in [-0.2, -0.15) is 11.8 Å². The first kappa shape index (κ1) is 11.3. The first-order valence-electron chi connectivity index (χ1n) is 4.45. The average Bonchev–Trinajstić information content (AvgIpc) is 2.33. The highest BCUT2D eigenvalue weighted by atomic mass is 32.2. The van der Waals surface area contributed by atoms with Crippen LogP contribution in [0, 0.1) is 11.8 Å². The predicted molar refractivity (Wildman–Crippen MR) is 54.0 cm³/mol. The number of nitrogens with two attached hydrogens (primary N) is 1. The summed E-state index contributed by atoms with van der Waals surface area (Å²) in [5.74, 6) is -1.06. The van der Waals surface area contributed by atoms with E-state index in [4.69, 9.17) is 10.8 Å². The fourth-order valence-electron chi connectivity index (χ4n) is 1.40. The van der Waals surface area contributed by atoms with Gasteiger partial charge in [-0.05, 0) is 0 Å². The Kier molecular flexibility index (Phi) is 4.21. The summed E-state index contributed by atoms with van der Waals surface area (Å²) < 4.78 is 0. The Bertz CT molecular complexity index is 235. The molecule has 1 aliphatic rings. The largest absolute Gasteiger partial charge is 0.481 e. The SMILES string of the molecule is NCC(C(=O)O)C1CSCCNC1=O. The molecule has 1 saturated heterocycles. The van der Waals surface area contributed by atoms with E-state index < -0.39 is 17.8 Å². The van der Waals surface area contributed by atoms with Gasteiger partial charge in [-0.1, -0.05) is 0 Å². The molecule has 0 aromatic carbocycles. The molecular weight excluding hydrogens is 204 g/mol. The molecule has 2 unspecified atom stereocenters. The molecule has 4 N–H and O–H groups in total. The summed E-state index contributed by atoms with van der Waals surface area (Å²) in [6.45, 7) is 0.616. The van der Waals surface area contributed by atoms with Crippen LogP contribution in [-0.4, -0.2) is 41.6 Å². The molecule has 1 amide bonds. The summed E-state index contributed by atoms with van der Waals surface area (Å²) in [7, 11) is 0. The van der Waals surface area contributed by atoms with Gasteiger partial charge >= 0.3 is 5.97 Å². The fraction of sp³-hybridized carbons (Fsp3) is 0.750. The van der Waals surface area contributed by atoms with Crippen LogP contribution in [0.1, 0.15) is 0 Å². The number of thioether (sulfide) groups is 1. The number of carboxylic acid groups (broad SMARTS) is 1. The second-order valence-electron chi connectivity index (χ2n) is 3.15. The van der Waals surface area contributed by atoms with Crippen molar-refractivity contribution < 1.29 is 14.7 Å². The van der Waals surface area contributed by atoms with Crippen LogP contribution in [0.4, 0.5) is 0 Å². The van der Waals surface area contributed by atoms with Crippen molar-refractivity contribution in [3.63, 3.8) is 0 Å². The topological polar surface area (TPSA) is 92.4 Å². The summed E-state index contributed by atoms with van der Waals surface area (Å²) in [6, 6.07) is 0. The molecule has 0 aliphatic carbocycles. The Morgan fingerprint density at radius 3 is 3.07 bits per heavy atom. The van der Waals surface area contributed by atoms with Gasteiger partial charge in [0.25, 0.3) is 0 Å². The standard InChI is InChI=1S/C8H14N2O3S/c9-3-5(8(12)13)6-4-14-2-1-10-7(6)11/h5-6H,1-4,9H2,(H,10,11)(H,12,13). The lowest BCUT2D eigenvalue weighted by molar-refractivity contribution is -0.146. The van der Waals surface area contributed by atoms with E-state index in [2.05, 4.69) is 5.32 Å². The van der Waals surface area contributed by atoms with Crippen LogP contribution in [0.3, 0.4) is 0 Å². The maximum absolute atomic E-state index is 11.5. The highest BCUT2D eigenvalue weighted by molar-refractivity contribution is 7.99. The molecule has 0 saturated carbocycles. The number of hydrogen-bond donors (Lipinski definition) is 3. The van der Waals surface area contributed by atoms with Gasteiger partial charge in [0.2, 0.25) is 5.91 Å². The molecule has 0 bridgehead atoms. The molecule has 1 aliphatic heterocycles. The van der Waals surface area contributed by atoms with Gasteiger partial charge in [0, 0.05) is 24.6 Å². The summed E-state index contributed by atoms with van der Waals surface area (Å²) in [6.07, 6.45) is 0. The van der Waals surface area contributed by atoms with E-state index in [1.54, 1.807) is 11.8 Å². The van der Waals surface area contributed by atoms with Crippen LogP contribution in [0.2, 0.25) is 0 Å². The number of nitrogens with one attached hydrogen (secondary N) is 1. The normalized spacial score (nSPS) is 24.9. The Hall–Kier alpha value is -0.750. The molecule has 0 aromatic rings. The van der Waals surface area contributed by atoms with Crippen molar-refractivity contribution in [3.8, 4) is 0 Å². The molecule has 5 nitrogen and oxygen atoms in total. The number of aliphatic carboxylic acids is 1. The lowest BCUT2D eigenvalue weighted by Crippen LogP contribution is -2.41. The molecule has 0 aromatic heterocycles. The van der Waals surface area contributed by atoms with Crippen LogP contribution >= 0.6 is 11.8 Å². The van der Waals surface area contributed by atoms with Gasteiger partial charge in [-0.3, -0.25) is 9.59 Å². The van der Waals surface area contributed by atoms with Crippen molar-refractivity contribution in [2.45, 2.75) is 0 Å². The minimum Gasteiger partial charge on any atom is -0.481 e. The van der Waals surface area contributed by atoms with Crippen LogP contribution in [0.5, 0.6) is 0 Å². The lowest BCUT2D eigenvalue weighted by Gasteiger charge is -2.18. The van der Waals surface area contributed by atoms with E-state index in [1.165, 1.54) is 0 Å². The molecule has 14 heavy (non-hydrogen) atoms. The van der Waals surface area contributed by atoms with Crippen LogP contribution in [0.15, 0.2) is 0 Å². The smallest absolute Gasteiger partial charge is 0.308 e. The molecular formula is C8H14N2O3S. The maximum Gasteiger partial charge on any atom is 0.308 e. The zero-order valence-electron chi connectivity index (χ0n) is 7.73.